The van der Waals surface area contributed by atoms with Crippen molar-refractivity contribution in [1.82, 2.24) is 5.32 Å². The van der Waals surface area contributed by atoms with Crippen molar-refractivity contribution in [3.8, 4) is 5.75 Å². The number of nitrogens with one attached hydrogen (secondary N) is 1. The van der Waals surface area contributed by atoms with Gasteiger partial charge in [-0.3, -0.25) is 0 Å². The molecule has 0 aliphatic rings. The molecule has 0 bridgehead atoms. The zero-order valence-corrected chi connectivity index (χ0v) is 12.0. The maximum absolute atomic E-state index is 5.50. The van der Waals surface area contributed by atoms with Gasteiger partial charge in [-0.2, -0.15) is 0 Å². The van der Waals surface area contributed by atoms with Crippen LogP contribution in [-0.2, 0) is 4.74 Å². The first-order chi connectivity index (χ1) is 9.33. The molecule has 19 heavy (non-hydrogen) atoms. The molecule has 1 aromatic carbocycles. The van der Waals surface area contributed by atoms with Gasteiger partial charge >= 0.3 is 0 Å². The van der Waals surface area contributed by atoms with Gasteiger partial charge < -0.3 is 14.8 Å². The lowest BCUT2D eigenvalue weighted by atomic mass is 10.0. The van der Waals surface area contributed by atoms with Gasteiger partial charge in [0, 0.05) is 18.2 Å². The van der Waals surface area contributed by atoms with E-state index in [1.165, 1.54) is 5.56 Å². The van der Waals surface area contributed by atoms with Crippen LogP contribution in [0, 0.1) is 0 Å². The summed E-state index contributed by atoms with van der Waals surface area (Å²) in [5.74, 6) is 0.939. The lowest BCUT2D eigenvalue weighted by Crippen LogP contribution is -2.25. The molecule has 0 saturated heterocycles. The first-order valence-electron chi connectivity index (χ1n) is 6.88. The minimum absolute atomic E-state index is 0.305. The molecule has 1 atom stereocenters. The van der Waals surface area contributed by atoms with Gasteiger partial charge in [-0.05, 0) is 18.9 Å². The van der Waals surface area contributed by atoms with Crippen LogP contribution in [0.4, 0.5) is 0 Å². The molecule has 1 unspecified atom stereocenters. The molecule has 0 amide bonds. The fourth-order valence-corrected chi connectivity index (χ4v) is 2.00. The van der Waals surface area contributed by atoms with E-state index in [4.69, 9.17) is 9.47 Å². The Hall–Kier alpha value is -1.32. The van der Waals surface area contributed by atoms with E-state index in [1.807, 2.05) is 24.3 Å². The molecular weight excluding hydrogens is 238 g/mol. The molecule has 3 heteroatoms. The summed E-state index contributed by atoms with van der Waals surface area (Å²) in [6.45, 7) is 8.15. The largest absolute Gasteiger partial charge is 0.496 e. The van der Waals surface area contributed by atoms with Crippen LogP contribution in [0.3, 0.4) is 0 Å². The SMILES string of the molecule is C=CCCOCCNC(CC)c1ccccc1OC. The molecule has 0 aliphatic heterocycles. The van der Waals surface area contributed by atoms with Crippen molar-refractivity contribution in [2.45, 2.75) is 25.8 Å². The summed E-state index contributed by atoms with van der Waals surface area (Å²) in [5, 5.41) is 3.51. The number of hydrogen-bond acceptors (Lipinski definition) is 3. The van der Waals surface area contributed by atoms with Crippen LogP contribution in [0.5, 0.6) is 5.75 Å². The van der Waals surface area contributed by atoms with Crippen molar-refractivity contribution in [1.29, 1.82) is 0 Å². The second-order valence-corrected chi connectivity index (χ2v) is 4.35. The van der Waals surface area contributed by atoms with E-state index in [0.29, 0.717) is 6.04 Å². The van der Waals surface area contributed by atoms with E-state index in [2.05, 4.69) is 24.9 Å². The zero-order valence-electron chi connectivity index (χ0n) is 12.0. The smallest absolute Gasteiger partial charge is 0.123 e. The Morgan fingerprint density at radius 2 is 2.11 bits per heavy atom. The van der Waals surface area contributed by atoms with Crippen molar-refractivity contribution in [3.63, 3.8) is 0 Å². The van der Waals surface area contributed by atoms with Gasteiger partial charge in [-0.25, -0.2) is 0 Å². The van der Waals surface area contributed by atoms with Crippen LogP contribution in [0.2, 0.25) is 0 Å². The highest BCUT2D eigenvalue weighted by atomic mass is 16.5. The van der Waals surface area contributed by atoms with Crippen molar-refractivity contribution >= 4 is 0 Å². The fourth-order valence-electron chi connectivity index (χ4n) is 2.00. The Bertz CT molecular complexity index is 366. The lowest BCUT2D eigenvalue weighted by Gasteiger charge is -2.19. The summed E-state index contributed by atoms with van der Waals surface area (Å²) in [4.78, 5) is 0. The molecule has 0 aliphatic carbocycles. The molecule has 1 N–H and O–H groups in total. The number of methoxy groups -OCH3 is 1. The maximum Gasteiger partial charge on any atom is 0.123 e. The fraction of sp³-hybridized carbons (Fsp3) is 0.500. The zero-order chi connectivity index (χ0) is 13.9. The van der Waals surface area contributed by atoms with Gasteiger partial charge in [0.25, 0.3) is 0 Å². The first kappa shape index (κ1) is 15.7. The van der Waals surface area contributed by atoms with Gasteiger partial charge in [0.2, 0.25) is 0 Å². The highest BCUT2D eigenvalue weighted by Gasteiger charge is 2.12. The summed E-state index contributed by atoms with van der Waals surface area (Å²) in [6, 6.07) is 8.45. The summed E-state index contributed by atoms with van der Waals surface area (Å²) in [7, 11) is 1.71. The molecule has 0 saturated carbocycles. The maximum atomic E-state index is 5.50. The standard InChI is InChI=1S/C16H25NO2/c1-4-6-12-19-13-11-17-15(5-2)14-9-7-8-10-16(14)18-3/h4,7-10,15,17H,1,5-6,11-13H2,2-3H3. The van der Waals surface area contributed by atoms with Crippen molar-refractivity contribution in [2.24, 2.45) is 0 Å². The molecular formula is C16H25NO2. The Kier molecular flexibility index (Phi) is 7.94. The number of rotatable bonds is 10. The van der Waals surface area contributed by atoms with Crippen LogP contribution in [-0.4, -0.2) is 26.9 Å². The molecule has 0 heterocycles. The number of para-hydroxylation sites is 1. The van der Waals surface area contributed by atoms with Gasteiger partial charge in [-0.15, -0.1) is 6.58 Å². The molecule has 0 spiro atoms. The topological polar surface area (TPSA) is 30.5 Å². The quantitative estimate of drug-likeness (QED) is 0.519. The second-order valence-electron chi connectivity index (χ2n) is 4.35. The third kappa shape index (κ3) is 5.45. The minimum atomic E-state index is 0.305. The van der Waals surface area contributed by atoms with Crippen molar-refractivity contribution < 1.29 is 9.47 Å². The molecule has 1 rings (SSSR count). The number of ether oxygens (including phenoxy) is 2. The lowest BCUT2D eigenvalue weighted by molar-refractivity contribution is 0.138. The summed E-state index contributed by atoms with van der Waals surface area (Å²) in [6.07, 6.45) is 3.80. The van der Waals surface area contributed by atoms with E-state index < -0.39 is 0 Å². The van der Waals surface area contributed by atoms with E-state index in [0.717, 1.165) is 38.3 Å². The number of hydrogen-bond donors (Lipinski definition) is 1. The molecule has 0 aromatic heterocycles. The van der Waals surface area contributed by atoms with Crippen molar-refractivity contribution in [2.75, 3.05) is 26.9 Å². The van der Waals surface area contributed by atoms with Gasteiger partial charge in [0.1, 0.15) is 5.75 Å². The summed E-state index contributed by atoms with van der Waals surface area (Å²) in [5.41, 5.74) is 1.21. The Morgan fingerprint density at radius 1 is 1.32 bits per heavy atom. The Labute approximate surface area is 116 Å². The summed E-state index contributed by atoms with van der Waals surface area (Å²) >= 11 is 0. The monoisotopic (exact) mass is 263 g/mol. The normalized spacial score (nSPS) is 12.1. The van der Waals surface area contributed by atoms with E-state index >= 15 is 0 Å². The van der Waals surface area contributed by atoms with Crippen LogP contribution in [0.25, 0.3) is 0 Å². The third-order valence-corrected chi connectivity index (χ3v) is 3.03. The molecule has 0 radical (unpaired) electrons. The molecule has 106 valence electrons. The first-order valence-corrected chi connectivity index (χ1v) is 6.88. The van der Waals surface area contributed by atoms with Crippen LogP contribution < -0.4 is 10.1 Å². The van der Waals surface area contributed by atoms with E-state index in [1.54, 1.807) is 7.11 Å². The van der Waals surface area contributed by atoms with Crippen molar-refractivity contribution in [3.05, 3.63) is 42.5 Å². The van der Waals surface area contributed by atoms with Gasteiger partial charge in [0.05, 0.1) is 20.3 Å². The highest BCUT2D eigenvalue weighted by molar-refractivity contribution is 5.35. The van der Waals surface area contributed by atoms with Crippen LogP contribution in [0.1, 0.15) is 31.4 Å². The van der Waals surface area contributed by atoms with Gasteiger partial charge in [0.15, 0.2) is 0 Å². The average Bonchev–Trinajstić information content (AvgIpc) is 2.47. The highest BCUT2D eigenvalue weighted by Crippen LogP contribution is 2.26. The molecule has 1 aromatic rings. The average molecular weight is 263 g/mol. The van der Waals surface area contributed by atoms with E-state index in [9.17, 15) is 0 Å². The van der Waals surface area contributed by atoms with Crippen LogP contribution in [0.15, 0.2) is 36.9 Å². The van der Waals surface area contributed by atoms with E-state index in [-0.39, 0.29) is 0 Å². The Morgan fingerprint density at radius 3 is 2.79 bits per heavy atom. The molecule has 0 fully saturated rings. The minimum Gasteiger partial charge on any atom is -0.496 e. The predicted octanol–water partition coefficient (Wildman–Crippen LogP) is 3.33. The third-order valence-electron chi connectivity index (χ3n) is 3.03. The molecule has 3 nitrogen and oxygen atoms in total. The predicted molar refractivity (Wildman–Crippen MR) is 79.7 cm³/mol. The van der Waals surface area contributed by atoms with Gasteiger partial charge in [-0.1, -0.05) is 31.2 Å². The number of benzene rings is 1. The summed E-state index contributed by atoms with van der Waals surface area (Å²) < 4.78 is 10.9. The second kappa shape index (κ2) is 9.59. The van der Waals surface area contributed by atoms with Crippen LogP contribution >= 0.6 is 0 Å². The Balaban J connectivity index is 2.42.